The number of amides is 1. The van der Waals surface area contributed by atoms with Crippen molar-refractivity contribution in [2.45, 2.75) is 19.9 Å². The van der Waals surface area contributed by atoms with Crippen LogP contribution in [-0.2, 0) is 4.79 Å². The molecule has 1 aromatic rings. The molecule has 0 fully saturated rings. The molecule has 0 aromatic heterocycles. The first-order chi connectivity index (χ1) is 7.60. The summed E-state index contributed by atoms with van der Waals surface area (Å²) in [6.45, 7) is 4.57. The van der Waals surface area contributed by atoms with E-state index in [0.29, 0.717) is 6.54 Å². The van der Waals surface area contributed by atoms with E-state index in [1.54, 1.807) is 7.11 Å². The summed E-state index contributed by atoms with van der Waals surface area (Å²) >= 11 is 0. The van der Waals surface area contributed by atoms with E-state index >= 15 is 0 Å². The predicted octanol–water partition coefficient (Wildman–Crippen LogP) is 1.14. The lowest BCUT2D eigenvalue weighted by Gasteiger charge is -2.16. The number of nitrogens with two attached hydrogens (primary N) is 1. The molecule has 1 aromatic carbocycles. The largest absolute Gasteiger partial charge is 0.496 e. The molecular formula is C12H18N2O2. The fraction of sp³-hybridized carbons (Fsp3) is 0.417. The van der Waals surface area contributed by atoms with Crippen LogP contribution in [-0.4, -0.2) is 19.6 Å². The molecule has 1 rings (SSSR count). The molecule has 3 N–H and O–H groups in total. The van der Waals surface area contributed by atoms with Gasteiger partial charge in [0.15, 0.2) is 0 Å². The number of likely N-dealkylation sites (N-methyl/N-ethyl adjacent to an activating group) is 1. The van der Waals surface area contributed by atoms with Gasteiger partial charge in [0.2, 0.25) is 5.91 Å². The molecule has 0 saturated heterocycles. The number of hydrogen-bond acceptors (Lipinski definition) is 3. The van der Waals surface area contributed by atoms with Crippen molar-refractivity contribution < 1.29 is 9.53 Å². The topological polar surface area (TPSA) is 64.3 Å². The van der Waals surface area contributed by atoms with Crippen LogP contribution in [0.5, 0.6) is 5.75 Å². The Hall–Kier alpha value is -1.55. The first kappa shape index (κ1) is 12.5. The van der Waals surface area contributed by atoms with Crippen LogP contribution < -0.4 is 15.8 Å². The van der Waals surface area contributed by atoms with E-state index in [4.69, 9.17) is 10.5 Å². The summed E-state index contributed by atoms with van der Waals surface area (Å²) in [5.74, 6) is 0.440. The zero-order valence-corrected chi connectivity index (χ0v) is 9.91. The second-order valence-electron chi connectivity index (χ2n) is 3.62. The molecule has 1 amide bonds. The predicted molar refractivity (Wildman–Crippen MR) is 63.3 cm³/mol. The van der Waals surface area contributed by atoms with E-state index in [9.17, 15) is 4.79 Å². The Morgan fingerprint density at radius 1 is 1.56 bits per heavy atom. The van der Waals surface area contributed by atoms with Gasteiger partial charge in [-0.25, -0.2) is 0 Å². The van der Waals surface area contributed by atoms with Crippen LogP contribution in [0, 0.1) is 6.92 Å². The van der Waals surface area contributed by atoms with Gasteiger partial charge in [0, 0.05) is 0 Å². The smallest absolute Gasteiger partial charge is 0.239 e. The van der Waals surface area contributed by atoms with Gasteiger partial charge in [0.05, 0.1) is 7.11 Å². The summed E-state index contributed by atoms with van der Waals surface area (Å²) in [6, 6.07) is 5.17. The summed E-state index contributed by atoms with van der Waals surface area (Å²) in [5.41, 5.74) is 7.20. The lowest BCUT2D eigenvalue weighted by atomic mass is 10.0. The summed E-state index contributed by atoms with van der Waals surface area (Å²) < 4.78 is 5.16. The summed E-state index contributed by atoms with van der Waals surface area (Å²) in [4.78, 5) is 11.3. The van der Waals surface area contributed by atoms with Crippen LogP contribution in [0.1, 0.15) is 24.1 Å². The van der Waals surface area contributed by atoms with Crippen LogP contribution in [0.3, 0.4) is 0 Å². The molecule has 0 aliphatic carbocycles. The normalized spacial score (nSPS) is 12.2. The number of aryl methyl sites for hydroxylation is 1. The fourth-order valence-corrected chi connectivity index (χ4v) is 1.67. The van der Waals surface area contributed by atoms with Crippen molar-refractivity contribution in [3.8, 4) is 5.75 Å². The van der Waals surface area contributed by atoms with E-state index in [0.717, 1.165) is 16.9 Å². The second-order valence-corrected chi connectivity index (χ2v) is 3.62. The summed E-state index contributed by atoms with van der Waals surface area (Å²) in [5, 5.41) is 3.05. The van der Waals surface area contributed by atoms with Gasteiger partial charge >= 0.3 is 0 Å². The molecule has 4 heteroatoms. The molecule has 0 bridgehead atoms. The number of carbonyl (C=O) groups excluding carboxylic acids is 1. The number of benzene rings is 1. The number of hydrogen-bond donors (Lipinski definition) is 2. The Morgan fingerprint density at radius 2 is 2.25 bits per heavy atom. The van der Waals surface area contributed by atoms with Gasteiger partial charge in [0.25, 0.3) is 0 Å². The number of primary amides is 1. The molecule has 0 spiro atoms. The number of nitrogens with one attached hydrogen (secondary N) is 1. The van der Waals surface area contributed by atoms with Crippen molar-refractivity contribution in [1.29, 1.82) is 0 Å². The number of carbonyl (C=O) groups is 1. The molecule has 0 saturated carbocycles. The van der Waals surface area contributed by atoms with Gasteiger partial charge in [-0.1, -0.05) is 19.1 Å². The maximum Gasteiger partial charge on any atom is 0.239 e. The first-order valence-electron chi connectivity index (χ1n) is 5.27. The number of ether oxygens (including phenoxy) is 1. The number of rotatable bonds is 5. The van der Waals surface area contributed by atoms with Crippen molar-refractivity contribution in [2.24, 2.45) is 5.73 Å². The highest BCUT2D eigenvalue weighted by Gasteiger charge is 2.16. The Balaban J connectivity index is 3.01. The van der Waals surface area contributed by atoms with Gasteiger partial charge in [-0.05, 0) is 30.7 Å². The van der Waals surface area contributed by atoms with Gasteiger partial charge in [0.1, 0.15) is 11.8 Å². The molecule has 0 aliphatic heterocycles. The van der Waals surface area contributed by atoms with Gasteiger partial charge in [-0.2, -0.15) is 0 Å². The highest BCUT2D eigenvalue weighted by Crippen LogP contribution is 2.22. The minimum Gasteiger partial charge on any atom is -0.496 e. The van der Waals surface area contributed by atoms with Crippen LogP contribution in [0.25, 0.3) is 0 Å². The van der Waals surface area contributed by atoms with E-state index < -0.39 is 6.04 Å². The van der Waals surface area contributed by atoms with E-state index in [1.807, 2.05) is 32.0 Å². The maximum absolute atomic E-state index is 11.3. The zero-order chi connectivity index (χ0) is 12.1. The molecule has 0 heterocycles. The van der Waals surface area contributed by atoms with E-state index in [2.05, 4.69) is 5.32 Å². The standard InChI is InChI=1S/C12H18N2O2/c1-4-14-11(12(13)15)9-5-6-10(16-3)8(2)7-9/h5-7,11,14H,4H2,1-3H3,(H2,13,15). The van der Waals surface area contributed by atoms with E-state index in [-0.39, 0.29) is 5.91 Å². The molecule has 16 heavy (non-hydrogen) atoms. The molecular weight excluding hydrogens is 204 g/mol. The monoisotopic (exact) mass is 222 g/mol. The molecule has 1 unspecified atom stereocenters. The molecule has 0 radical (unpaired) electrons. The number of methoxy groups -OCH3 is 1. The zero-order valence-electron chi connectivity index (χ0n) is 9.91. The summed E-state index contributed by atoms with van der Waals surface area (Å²) in [6.07, 6.45) is 0. The van der Waals surface area contributed by atoms with Crippen LogP contribution in [0.2, 0.25) is 0 Å². The highest BCUT2D eigenvalue weighted by molar-refractivity contribution is 5.81. The van der Waals surface area contributed by atoms with Crippen LogP contribution >= 0.6 is 0 Å². The second kappa shape index (κ2) is 5.51. The third kappa shape index (κ3) is 2.73. The maximum atomic E-state index is 11.3. The minimum absolute atomic E-state index is 0.369. The molecule has 88 valence electrons. The minimum atomic E-state index is -0.436. The Kier molecular flexibility index (Phi) is 4.31. The first-order valence-corrected chi connectivity index (χ1v) is 5.27. The molecule has 4 nitrogen and oxygen atoms in total. The third-order valence-corrected chi connectivity index (χ3v) is 2.45. The third-order valence-electron chi connectivity index (χ3n) is 2.45. The quantitative estimate of drug-likeness (QED) is 0.785. The van der Waals surface area contributed by atoms with Crippen molar-refractivity contribution in [3.63, 3.8) is 0 Å². The Labute approximate surface area is 95.8 Å². The highest BCUT2D eigenvalue weighted by atomic mass is 16.5. The van der Waals surface area contributed by atoms with Crippen LogP contribution in [0.4, 0.5) is 0 Å². The van der Waals surface area contributed by atoms with E-state index in [1.165, 1.54) is 0 Å². The fourth-order valence-electron chi connectivity index (χ4n) is 1.67. The van der Waals surface area contributed by atoms with Gasteiger partial charge < -0.3 is 15.8 Å². The van der Waals surface area contributed by atoms with Gasteiger partial charge in [-0.15, -0.1) is 0 Å². The molecule has 1 atom stereocenters. The Bertz CT molecular complexity index is 377. The Morgan fingerprint density at radius 3 is 2.69 bits per heavy atom. The van der Waals surface area contributed by atoms with Crippen LogP contribution in [0.15, 0.2) is 18.2 Å². The SMILES string of the molecule is CCNC(C(N)=O)c1ccc(OC)c(C)c1. The van der Waals surface area contributed by atoms with Crippen molar-refractivity contribution in [1.82, 2.24) is 5.32 Å². The van der Waals surface area contributed by atoms with Crippen molar-refractivity contribution in [2.75, 3.05) is 13.7 Å². The lowest BCUT2D eigenvalue weighted by molar-refractivity contribution is -0.120. The summed E-state index contributed by atoms with van der Waals surface area (Å²) in [7, 11) is 1.62. The average Bonchev–Trinajstić information content (AvgIpc) is 2.25. The van der Waals surface area contributed by atoms with Crippen molar-refractivity contribution in [3.05, 3.63) is 29.3 Å². The lowest BCUT2D eigenvalue weighted by Crippen LogP contribution is -2.33. The van der Waals surface area contributed by atoms with Gasteiger partial charge in [-0.3, -0.25) is 4.79 Å². The average molecular weight is 222 g/mol. The van der Waals surface area contributed by atoms with Crippen molar-refractivity contribution >= 4 is 5.91 Å². The molecule has 0 aliphatic rings.